The number of hydrogen-bond donors (Lipinski definition) is 1. The zero-order valence-electron chi connectivity index (χ0n) is 9.76. The molecule has 2 unspecified atom stereocenters. The Morgan fingerprint density at radius 2 is 2.12 bits per heavy atom. The van der Waals surface area contributed by atoms with E-state index in [0.717, 1.165) is 12.8 Å². The Labute approximate surface area is 100 Å². The summed E-state index contributed by atoms with van der Waals surface area (Å²) < 4.78 is 10.8. The van der Waals surface area contributed by atoms with Crippen molar-refractivity contribution >= 4 is 5.97 Å². The van der Waals surface area contributed by atoms with Crippen LogP contribution in [-0.2, 0) is 4.79 Å². The molecule has 17 heavy (non-hydrogen) atoms. The molecule has 1 fully saturated rings. The fraction of sp³-hybridized carbons (Fsp3) is 0.462. The minimum absolute atomic E-state index is 0.223. The number of methoxy groups -OCH3 is 1. The number of rotatable bonds is 4. The first-order chi connectivity index (χ1) is 8.20. The zero-order chi connectivity index (χ0) is 12.3. The van der Waals surface area contributed by atoms with Crippen molar-refractivity contribution in [2.75, 3.05) is 7.11 Å². The summed E-state index contributed by atoms with van der Waals surface area (Å²) in [6, 6.07) is 7.26. The highest BCUT2D eigenvalue weighted by Gasteiger charge is 2.34. The molecule has 4 heteroatoms. The molecule has 2 rings (SSSR count). The lowest BCUT2D eigenvalue weighted by molar-refractivity contribution is -0.143. The van der Waals surface area contributed by atoms with Crippen LogP contribution >= 0.6 is 0 Å². The standard InChI is InChI=1S/C13H16O4/c1-16-9-4-2-5-10(8-9)17-12-7-3-6-11(12)13(14)15/h2,4-5,8,11-12H,3,6-7H2,1H3,(H,14,15). The number of benzene rings is 1. The van der Waals surface area contributed by atoms with Gasteiger partial charge in [-0.05, 0) is 31.4 Å². The van der Waals surface area contributed by atoms with E-state index in [4.69, 9.17) is 14.6 Å². The van der Waals surface area contributed by atoms with Gasteiger partial charge in [0, 0.05) is 6.07 Å². The minimum atomic E-state index is -0.768. The van der Waals surface area contributed by atoms with E-state index in [9.17, 15) is 4.79 Å². The van der Waals surface area contributed by atoms with Crippen LogP contribution in [-0.4, -0.2) is 24.3 Å². The number of carboxylic acid groups (broad SMARTS) is 1. The fourth-order valence-electron chi connectivity index (χ4n) is 2.20. The lowest BCUT2D eigenvalue weighted by Crippen LogP contribution is -2.27. The molecule has 4 nitrogen and oxygen atoms in total. The van der Waals surface area contributed by atoms with Crippen molar-refractivity contribution < 1.29 is 19.4 Å². The summed E-state index contributed by atoms with van der Waals surface area (Å²) in [4.78, 5) is 11.0. The molecule has 1 N–H and O–H groups in total. The summed E-state index contributed by atoms with van der Waals surface area (Å²) >= 11 is 0. The number of aliphatic carboxylic acids is 1. The predicted octanol–water partition coefficient (Wildman–Crippen LogP) is 2.33. The van der Waals surface area contributed by atoms with E-state index >= 15 is 0 Å². The summed E-state index contributed by atoms with van der Waals surface area (Å²) in [5, 5.41) is 9.06. The SMILES string of the molecule is COc1cccc(OC2CCCC2C(=O)O)c1. The van der Waals surface area contributed by atoms with Crippen LogP contribution in [0.25, 0.3) is 0 Å². The van der Waals surface area contributed by atoms with Crippen LogP contribution in [0.4, 0.5) is 0 Å². The van der Waals surface area contributed by atoms with E-state index in [1.807, 2.05) is 18.2 Å². The van der Waals surface area contributed by atoms with Gasteiger partial charge < -0.3 is 14.6 Å². The van der Waals surface area contributed by atoms with Crippen molar-refractivity contribution in [1.82, 2.24) is 0 Å². The van der Waals surface area contributed by atoms with Crippen LogP contribution < -0.4 is 9.47 Å². The predicted molar refractivity (Wildman–Crippen MR) is 62.4 cm³/mol. The van der Waals surface area contributed by atoms with Crippen LogP contribution in [0.15, 0.2) is 24.3 Å². The monoisotopic (exact) mass is 236 g/mol. The van der Waals surface area contributed by atoms with Gasteiger partial charge in [0.1, 0.15) is 17.6 Å². The Morgan fingerprint density at radius 3 is 2.82 bits per heavy atom. The van der Waals surface area contributed by atoms with Gasteiger partial charge in [-0.3, -0.25) is 4.79 Å². The van der Waals surface area contributed by atoms with Crippen molar-refractivity contribution in [2.24, 2.45) is 5.92 Å². The number of carbonyl (C=O) groups is 1. The molecular weight excluding hydrogens is 220 g/mol. The third kappa shape index (κ3) is 2.70. The van der Waals surface area contributed by atoms with Crippen LogP contribution in [0.5, 0.6) is 11.5 Å². The second-order valence-electron chi connectivity index (χ2n) is 4.21. The molecule has 0 heterocycles. The average Bonchev–Trinajstić information content (AvgIpc) is 2.77. The summed E-state index contributed by atoms with van der Waals surface area (Å²) in [7, 11) is 1.59. The highest BCUT2D eigenvalue weighted by atomic mass is 16.5. The molecule has 0 amide bonds. The highest BCUT2D eigenvalue weighted by Crippen LogP contribution is 2.31. The summed E-state index contributed by atoms with van der Waals surface area (Å²) in [6.07, 6.45) is 2.18. The molecule has 0 radical (unpaired) electrons. The summed E-state index contributed by atoms with van der Waals surface area (Å²) in [6.45, 7) is 0. The molecule has 0 aliphatic heterocycles. The molecular formula is C13H16O4. The zero-order valence-corrected chi connectivity index (χ0v) is 9.76. The molecule has 2 atom stereocenters. The number of ether oxygens (including phenoxy) is 2. The van der Waals surface area contributed by atoms with Gasteiger partial charge in [-0.2, -0.15) is 0 Å². The van der Waals surface area contributed by atoms with Crippen molar-refractivity contribution in [3.8, 4) is 11.5 Å². The molecule has 1 aromatic carbocycles. The first-order valence-corrected chi connectivity index (χ1v) is 5.74. The van der Waals surface area contributed by atoms with Crippen LogP contribution in [0.1, 0.15) is 19.3 Å². The van der Waals surface area contributed by atoms with E-state index in [-0.39, 0.29) is 12.0 Å². The maximum atomic E-state index is 11.0. The van der Waals surface area contributed by atoms with E-state index in [2.05, 4.69) is 0 Å². The topological polar surface area (TPSA) is 55.8 Å². The first kappa shape index (κ1) is 11.8. The normalized spacial score (nSPS) is 23.4. The molecule has 1 aliphatic rings. The fourth-order valence-corrected chi connectivity index (χ4v) is 2.20. The molecule has 0 saturated heterocycles. The lowest BCUT2D eigenvalue weighted by atomic mass is 10.1. The van der Waals surface area contributed by atoms with Gasteiger partial charge in [0.15, 0.2) is 0 Å². The Morgan fingerprint density at radius 1 is 1.35 bits per heavy atom. The van der Waals surface area contributed by atoms with E-state index in [0.29, 0.717) is 17.9 Å². The van der Waals surface area contributed by atoms with Gasteiger partial charge >= 0.3 is 5.97 Å². The van der Waals surface area contributed by atoms with Crippen molar-refractivity contribution in [1.29, 1.82) is 0 Å². The molecule has 92 valence electrons. The van der Waals surface area contributed by atoms with E-state index in [1.165, 1.54) is 0 Å². The van der Waals surface area contributed by atoms with E-state index < -0.39 is 5.97 Å². The Balaban J connectivity index is 2.06. The average molecular weight is 236 g/mol. The van der Waals surface area contributed by atoms with Gasteiger partial charge in [-0.15, -0.1) is 0 Å². The van der Waals surface area contributed by atoms with Gasteiger partial charge in [0.05, 0.1) is 13.0 Å². The maximum Gasteiger partial charge on any atom is 0.310 e. The first-order valence-electron chi connectivity index (χ1n) is 5.74. The Kier molecular flexibility index (Phi) is 3.52. The van der Waals surface area contributed by atoms with Crippen molar-refractivity contribution in [2.45, 2.75) is 25.4 Å². The Hall–Kier alpha value is -1.71. The minimum Gasteiger partial charge on any atom is -0.497 e. The second kappa shape index (κ2) is 5.08. The molecule has 1 aliphatic carbocycles. The van der Waals surface area contributed by atoms with Gasteiger partial charge in [-0.25, -0.2) is 0 Å². The summed E-state index contributed by atoms with van der Waals surface area (Å²) in [5.74, 6) is 0.228. The highest BCUT2D eigenvalue weighted by molar-refractivity contribution is 5.71. The third-order valence-corrected chi connectivity index (χ3v) is 3.10. The third-order valence-electron chi connectivity index (χ3n) is 3.10. The quantitative estimate of drug-likeness (QED) is 0.871. The molecule has 0 aromatic heterocycles. The van der Waals surface area contributed by atoms with Crippen molar-refractivity contribution in [3.63, 3.8) is 0 Å². The van der Waals surface area contributed by atoms with Gasteiger partial charge in [-0.1, -0.05) is 6.07 Å². The Bertz CT molecular complexity index is 402. The maximum absolute atomic E-state index is 11.0. The van der Waals surface area contributed by atoms with Gasteiger partial charge in [0.2, 0.25) is 0 Å². The largest absolute Gasteiger partial charge is 0.497 e. The summed E-state index contributed by atoms with van der Waals surface area (Å²) in [5.41, 5.74) is 0. The molecule has 1 saturated carbocycles. The van der Waals surface area contributed by atoms with Crippen LogP contribution in [0.3, 0.4) is 0 Å². The molecule has 0 bridgehead atoms. The number of carboxylic acids is 1. The molecule has 0 spiro atoms. The second-order valence-corrected chi connectivity index (χ2v) is 4.21. The van der Waals surface area contributed by atoms with Crippen LogP contribution in [0.2, 0.25) is 0 Å². The molecule has 1 aromatic rings. The van der Waals surface area contributed by atoms with Gasteiger partial charge in [0.25, 0.3) is 0 Å². The van der Waals surface area contributed by atoms with Crippen molar-refractivity contribution in [3.05, 3.63) is 24.3 Å². The van der Waals surface area contributed by atoms with Crippen LogP contribution in [0, 0.1) is 5.92 Å². The van der Waals surface area contributed by atoms with E-state index in [1.54, 1.807) is 13.2 Å². The lowest BCUT2D eigenvalue weighted by Gasteiger charge is -2.18. The number of hydrogen-bond acceptors (Lipinski definition) is 3. The smallest absolute Gasteiger partial charge is 0.310 e.